The van der Waals surface area contributed by atoms with Gasteiger partial charge in [0.15, 0.2) is 9.84 Å². The standard InChI is InChI=1S/C23H27N3O3S/c1-17(2)22-21(16-25-26(22)19-12-10-18(3)11-13-19)23(27)24-14-7-15-30(28,29)20-8-5-4-6-9-20/h4-6,8-13,16-17H,7,14-15H2,1-3H3,(H,24,27). The van der Waals surface area contributed by atoms with Gasteiger partial charge in [-0.05, 0) is 43.5 Å². The van der Waals surface area contributed by atoms with Gasteiger partial charge in [0.2, 0.25) is 0 Å². The van der Waals surface area contributed by atoms with E-state index in [0.717, 1.165) is 16.9 Å². The first-order chi connectivity index (χ1) is 14.3. The lowest BCUT2D eigenvalue weighted by atomic mass is 10.0. The topological polar surface area (TPSA) is 81.1 Å². The van der Waals surface area contributed by atoms with Crippen LogP contribution < -0.4 is 5.32 Å². The molecule has 30 heavy (non-hydrogen) atoms. The molecule has 0 aliphatic rings. The van der Waals surface area contributed by atoms with E-state index in [0.29, 0.717) is 16.9 Å². The molecule has 0 aliphatic heterocycles. The lowest BCUT2D eigenvalue weighted by Gasteiger charge is -2.13. The van der Waals surface area contributed by atoms with Crippen LogP contribution in [0.3, 0.4) is 0 Å². The predicted molar refractivity (Wildman–Crippen MR) is 118 cm³/mol. The molecule has 2 aromatic carbocycles. The molecule has 0 saturated carbocycles. The number of nitrogens with one attached hydrogen (secondary N) is 1. The van der Waals surface area contributed by atoms with E-state index in [2.05, 4.69) is 10.4 Å². The normalized spacial score (nSPS) is 11.6. The summed E-state index contributed by atoms with van der Waals surface area (Å²) in [6.45, 7) is 6.33. The zero-order valence-corrected chi connectivity index (χ0v) is 18.3. The summed E-state index contributed by atoms with van der Waals surface area (Å²) < 4.78 is 26.5. The number of hydrogen-bond acceptors (Lipinski definition) is 4. The number of sulfone groups is 1. The van der Waals surface area contributed by atoms with Crippen LogP contribution in [0.25, 0.3) is 5.69 Å². The van der Waals surface area contributed by atoms with E-state index in [9.17, 15) is 13.2 Å². The van der Waals surface area contributed by atoms with Crippen LogP contribution in [0.15, 0.2) is 65.7 Å². The van der Waals surface area contributed by atoms with Crippen LogP contribution in [0.5, 0.6) is 0 Å². The lowest BCUT2D eigenvalue weighted by molar-refractivity contribution is 0.0952. The number of carbonyl (C=O) groups is 1. The quantitative estimate of drug-likeness (QED) is 0.555. The van der Waals surface area contributed by atoms with E-state index < -0.39 is 9.84 Å². The summed E-state index contributed by atoms with van der Waals surface area (Å²) in [7, 11) is -3.35. The van der Waals surface area contributed by atoms with Crippen molar-refractivity contribution < 1.29 is 13.2 Å². The molecule has 0 bridgehead atoms. The maximum absolute atomic E-state index is 12.7. The second kappa shape index (κ2) is 9.26. The number of benzene rings is 2. The molecule has 0 spiro atoms. The number of hydrogen-bond donors (Lipinski definition) is 1. The molecule has 1 heterocycles. The van der Waals surface area contributed by atoms with Crippen molar-refractivity contribution in [3.63, 3.8) is 0 Å². The lowest BCUT2D eigenvalue weighted by Crippen LogP contribution is -2.27. The largest absolute Gasteiger partial charge is 0.352 e. The number of amides is 1. The van der Waals surface area contributed by atoms with Crippen molar-refractivity contribution in [3.8, 4) is 5.69 Å². The molecule has 0 unspecified atom stereocenters. The summed E-state index contributed by atoms with van der Waals surface area (Å²) in [5, 5.41) is 7.26. The van der Waals surface area contributed by atoms with E-state index in [1.165, 1.54) is 0 Å². The zero-order valence-electron chi connectivity index (χ0n) is 17.5. The Balaban J connectivity index is 1.66. The number of nitrogens with zero attached hydrogens (tertiary/aromatic N) is 2. The Labute approximate surface area is 177 Å². The molecule has 0 atom stereocenters. The highest BCUT2D eigenvalue weighted by atomic mass is 32.2. The highest BCUT2D eigenvalue weighted by Gasteiger charge is 2.21. The van der Waals surface area contributed by atoms with Crippen molar-refractivity contribution in [2.24, 2.45) is 0 Å². The summed E-state index contributed by atoms with van der Waals surface area (Å²) in [6.07, 6.45) is 1.91. The van der Waals surface area contributed by atoms with Gasteiger partial charge in [-0.3, -0.25) is 4.79 Å². The number of aryl methyl sites for hydroxylation is 1. The zero-order chi connectivity index (χ0) is 21.7. The van der Waals surface area contributed by atoms with Crippen molar-refractivity contribution in [2.75, 3.05) is 12.3 Å². The molecule has 3 aromatic rings. The van der Waals surface area contributed by atoms with Gasteiger partial charge >= 0.3 is 0 Å². The third-order valence-electron chi connectivity index (χ3n) is 4.85. The molecule has 0 fully saturated rings. The molecule has 1 aromatic heterocycles. The minimum atomic E-state index is -3.35. The molecule has 0 radical (unpaired) electrons. The fourth-order valence-corrected chi connectivity index (χ4v) is 4.62. The maximum Gasteiger partial charge on any atom is 0.254 e. The van der Waals surface area contributed by atoms with E-state index in [1.54, 1.807) is 41.2 Å². The van der Waals surface area contributed by atoms with Gasteiger partial charge in [0.05, 0.1) is 33.8 Å². The maximum atomic E-state index is 12.7. The van der Waals surface area contributed by atoms with Gasteiger partial charge in [-0.1, -0.05) is 49.7 Å². The highest BCUT2D eigenvalue weighted by molar-refractivity contribution is 7.91. The molecular weight excluding hydrogens is 398 g/mol. The smallest absolute Gasteiger partial charge is 0.254 e. The monoisotopic (exact) mass is 425 g/mol. The number of aromatic nitrogens is 2. The number of carbonyl (C=O) groups excluding carboxylic acids is 1. The first-order valence-electron chi connectivity index (χ1n) is 10.0. The predicted octanol–water partition coefficient (Wildman–Crippen LogP) is 3.90. The van der Waals surface area contributed by atoms with Crippen molar-refractivity contribution >= 4 is 15.7 Å². The fourth-order valence-electron chi connectivity index (χ4n) is 3.29. The summed E-state index contributed by atoms with van der Waals surface area (Å²) in [4.78, 5) is 13.1. The van der Waals surface area contributed by atoms with Crippen LogP contribution in [0, 0.1) is 6.92 Å². The Bertz CT molecular complexity index is 1100. The average molecular weight is 426 g/mol. The molecule has 1 N–H and O–H groups in total. The average Bonchev–Trinajstić information content (AvgIpc) is 3.18. The molecule has 3 rings (SSSR count). The van der Waals surface area contributed by atoms with Crippen molar-refractivity contribution in [2.45, 2.75) is 38.0 Å². The molecule has 1 amide bonds. The summed E-state index contributed by atoms with van der Waals surface area (Å²) in [5.41, 5.74) is 3.39. The minimum Gasteiger partial charge on any atom is -0.352 e. The van der Waals surface area contributed by atoms with E-state index in [-0.39, 0.29) is 24.1 Å². The Kier molecular flexibility index (Phi) is 6.72. The number of rotatable bonds is 8. The molecule has 7 heteroatoms. The van der Waals surface area contributed by atoms with E-state index >= 15 is 0 Å². The van der Waals surface area contributed by atoms with Gasteiger partial charge in [-0.25, -0.2) is 13.1 Å². The highest BCUT2D eigenvalue weighted by Crippen LogP contribution is 2.23. The summed E-state index contributed by atoms with van der Waals surface area (Å²) in [6, 6.07) is 16.3. The van der Waals surface area contributed by atoms with E-state index in [1.807, 2.05) is 45.0 Å². The SMILES string of the molecule is Cc1ccc(-n2ncc(C(=O)NCCCS(=O)(=O)c3ccccc3)c2C(C)C)cc1. The second-order valence-electron chi connectivity index (χ2n) is 7.59. The van der Waals surface area contributed by atoms with E-state index in [4.69, 9.17) is 0 Å². The van der Waals surface area contributed by atoms with Crippen molar-refractivity contribution in [3.05, 3.63) is 77.6 Å². The Morgan fingerprint density at radius 3 is 2.37 bits per heavy atom. The molecule has 0 aliphatic carbocycles. The first kappa shape index (κ1) is 21.8. The van der Waals surface area contributed by atoms with Crippen LogP contribution in [-0.4, -0.2) is 36.4 Å². The summed E-state index contributed by atoms with van der Waals surface area (Å²) in [5.74, 6) is -0.168. The minimum absolute atomic E-state index is 0.0169. The Hall–Kier alpha value is -2.93. The van der Waals surface area contributed by atoms with Gasteiger partial charge in [0.25, 0.3) is 5.91 Å². The van der Waals surface area contributed by atoms with Crippen LogP contribution in [-0.2, 0) is 9.84 Å². The van der Waals surface area contributed by atoms with Gasteiger partial charge < -0.3 is 5.32 Å². The van der Waals surface area contributed by atoms with Gasteiger partial charge in [-0.2, -0.15) is 5.10 Å². The molecule has 0 saturated heterocycles. The second-order valence-corrected chi connectivity index (χ2v) is 9.70. The molecular formula is C23H27N3O3S. The third-order valence-corrected chi connectivity index (χ3v) is 6.67. The fraction of sp³-hybridized carbons (Fsp3) is 0.304. The van der Waals surface area contributed by atoms with Gasteiger partial charge in [-0.15, -0.1) is 0 Å². The van der Waals surface area contributed by atoms with Crippen LogP contribution in [0.4, 0.5) is 0 Å². The van der Waals surface area contributed by atoms with Crippen LogP contribution in [0.2, 0.25) is 0 Å². The van der Waals surface area contributed by atoms with Crippen molar-refractivity contribution in [1.29, 1.82) is 0 Å². The van der Waals surface area contributed by atoms with Crippen LogP contribution >= 0.6 is 0 Å². The van der Waals surface area contributed by atoms with Crippen molar-refractivity contribution in [1.82, 2.24) is 15.1 Å². The summed E-state index contributed by atoms with van der Waals surface area (Å²) >= 11 is 0. The first-order valence-corrected chi connectivity index (χ1v) is 11.7. The Morgan fingerprint density at radius 1 is 1.07 bits per heavy atom. The molecule has 6 nitrogen and oxygen atoms in total. The third kappa shape index (κ3) is 4.97. The van der Waals surface area contributed by atoms with Gasteiger partial charge in [0, 0.05) is 6.54 Å². The van der Waals surface area contributed by atoms with Crippen LogP contribution in [0.1, 0.15) is 47.8 Å². The Morgan fingerprint density at radius 2 is 1.73 bits per heavy atom. The van der Waals surface area contributed by atoms with Gasteiger partial charge in [0.1, 0.15) is 0 Å². The molecule has 158 valence electrons.